The van der Waals surface area contributed by atoms with Gasteiger partial charge in [-0.3, -0.25) is 4.79 Å². The van der Waals surface area contributed by atoms with Crippen LogP contribution < -0.4 is 5.32 Å². The first-order valence-corrected chi connectivity index (χ1v) is 7.65. The summed E-state index contributed by atoms with van der Waals surface area (Å²) in [6, 6.07) is 6.91. The smallest absolute Gasteiger partial charge is 0.206 e. The van der Waals surface area contributed by atoms with Crippen LogP contribution in [-0.4, -0.2) is 28.3 Å². The van der Waals surface area contributed by atoms with Crippen LogP contribution in [0.2, 0.25) is 5.02 Å². The van der Waals surface area contributed by atoms with Crippen LogP contribution in [0.1, 0.15) is 17.3 Å². The Morgan fingerprint density at radius 3 is 2.63 bits per heavy atom. The van der Waals surface area contributed by atoms with Gasteiger partial charge < -0.3 is 5.32 Å². The van der Waals surface area contributed by atoms with Crippen molar-refractivity contribution < 1.29 is 4.79 Å². The molecule has 100 valence electrons. The maximum absolute atomic E-state index is 12.2. The van der Waals surface area contributed by atoms with E-state index in [0.717, 1.165) is 9.47 Å². The highest BCUT2D eigenvalue weighted by Crippen LogP contribution is 2.30. The molecule has 0 amide bonds. The molecule has 1 heterocycles. The first kappa shape index (κ1) is 14.3. The largest absolute Gasteiger partial charge is 0.363 e. The van der Waals surface area contributed by atoms with E-state index in [0.29, 0.717) is 10.6 Å². The molecule has 0 saturated heterocycles. The van der Waals surface area contributed by atoms with Crippen LogP contribution in [0.15, 0.2) is 28.6 Å². The molecule has 0 aliphatic rings. The van der Waals surface area contributed by atoms with Crippen molar-refractivity contribution in [2.75, 3.05) is 12.4 Å². The zero-order valence-corrected chi connectivity index (χ0v) is 12.8. The van der Waals surface area contributed by atoms with E-state index >= 15 is 0 Å². The Bertz CT molecular complexity index is 571. The molecule has 0 radical (unpaired) electrons. The molecule has 0 aliphatic carbocycles. The minimum Gasteiger partial charge on any atom is -0.363 e. The molecule has 1 aromatic heterocycles. The van der Waals surface area contributed by atoms with Gasteiger partial charge in [0.25, 0.3) is 0 Å². The van der Waals surface area contributed by atoms with Crippen LogP contribution in [0.4, 0.5) is 5.13 Å². The summed E-state index contributed by atoms with van der Waals surface area (Å²) in [7, 11) is 1.79. The fourth-order valence-corrected chi connectivity index (χ4v) is 3.46. The van der Waals surface area contributed by atoms with E-state index in [2.05, 4.69) is 15.5 Å². The molecule has 19 heavy (non-hydrogen) atoms. The van der Waals surface area contributed by atoms with Crippen LogP contribution in [0.25, 0.3) is 0 Å². The monoisotopic (exact) mass is 313 g/mol. The van der Waals surface area contributed by atoms with Crippen LogP contribution in [0, 0.1) is 0 Å². The number of hydrogen-bond acceptors (Lipinski definition) is 6. The Morgan fingerprint density at radius 1 is 1.37 bits per heavy atom. The van der Waals surface area contributed by atoms with E-state index in [4.69, 9.17) is 11.6 Å². The molecule has 0 spiro atoms. The molecule has 0 fully saturated rings. The average Bonchev–Trinajstić information content (AvgIpc) is 2.86. The summed E-state index contributed by atoms with van der Waals surface area (Å²) in [5.74, 6) is 0.0582. The number of hydrogen-bond donors (Lipinski definition) is 1. The lowest BCUT2D eigenvalue weighted by molar-refractivity contribution is 0.0994. The summed E-state index contributed by atoms with van der Waals surface area (Å²) in [4.78, 5) is 12.2. The van der Waals surface area contributed by atoms with Gasteiger partial charge in [0, 0.05) is 17.6 Å². The molecule has 7 heteroatoms. The lowest BCUT2D eigenvalue weighted by Crippen LogP contribution is -2.13. The first-order chi connectivity index (χ1) is 9.10. The summed E-state index contributed by atoms with van der Waals surface area (Å²) in [6.45, 7) is 1.86. The average molecular weight is 314 g/mol. The lowest BCUT2D eigenvalue weighted by atomic mass is 10.1. The highest BCUT2D eigenvalue weighted by Gasteiger charge is 2.18. The van der Waals surface area contributed by atoms with E-state index in [-0.39, 0.29) is 11.0 Å². The predicted molar refractivity (Wildman–Crippen MR) is 80.6 cm³/mol. The van der Waals surface area contributed by atoms with E-state index in [1.165, 1.54) is 23.1 Å². The SMILES string of the molecule is CNc1nnc(S[C@@H](C)C(=O)c2ccc(Cl)cc2)s1. The Labute approximate surface area is 124 Å². The summed E-state index contributed by atoms with van der Waals surface area (Å²) in [5.41, 5.74) is 0.655. The molecule has 1 atom stereocenters. The minimum absolute atomic E-state index is 0.0582. The molecule has 0 bridgehead atoms. The van der Waals surface area contributed by atoms with Crippen LogP contribution >= 0.6 is 34.7 Å². The summed E-state index contributed by atoms with van der Waals surface area (Å²) in [5, 5.41) is 12.0. The Hall–Kier alpha value is -1.11. The molecule has 2 rings (SSSR count). The van der Waals surface area contributed by atoms with E-state index in [9.17, 15) is 4.79 Å². The van der Waals surface area contributed by atoms with E-state index < -0.39 is 0 Å². The third-order valence-corrected chi connectivity index (χ3v) is 4.77. The Kier molecular flexibility index (Phi) is 4.79. The topological polar surface area (TPSA) is 54.9 Å². The third kappa shape index (κ3) is 3.68. The maximum atomic E-state index is 12.2. The molecular weight excluding hydrogens is 302 g/mol. The van der Waals surface area contributed by atoms with Gasteiger partial charge in [0.1, 0.15) is 0 Å². The number of carbonyl (C=O) groups excluding carboxylic acids is 1. The highest BCUT2D eigenvalue weighted by atomic mass is 35.5. The standard InChI is InChI=1S/C12H12ClN3OS2/c1-7(18-12-16-15-11(14-2)19-12)10(17)8-3-5-9(13)6-4-8/h3-7H,1-2H3,(H,14,15)/t7-/m0/s1. The van der Waals surface area contributed by atoms with Crippen molar-refractivity contribution >= 4 is 45.6 Å². The molecule has 1 N–H and O–H groups in total. The van der Waals surface area contributed by atoms with E-state index in [1.807, 2.05) is 6.92 Å². The van der Waals surface area contributed by atoms with Gasteiger partial charge in [-0.2, -0.15) is 0 Å². The number of nitrogens with zero attached hydrogens (tertiary/aromatic N) is 2. The predicted octanol–water partition coefficient (Wildman–Crippen LogP) is 3.60. The van der Waals surface area contributed by atoms with E-state index in [1.54, 1.807) is 31.3 Å². The van der Waals surface area contributed by atoms with Gasteiger partial charge in [0.2, 0.25) is 5.13 Å². The molecule has 0 saturated carbocycles. The number of ketones is 1. The van der Waals surface area contributed by atoms with Gasteiger partial charge in [0.05, 0.1) is 5.25 Å². The van der Waals surface area contributed by atoms with Crippen LogP contribution in [0.3, 0.4) is 0 Å². The van der Waals surface area contributed by atoms with Gasteiger partial charge in [0.15, 0.2) is 10.1 Å². The van der Waals surface area contributed by atoms with Crippen molar-refractivity contribution in [1.82, 2.24) is 10.2 Å². The number of halogens is 1. The molecular formula is C12H12ClN3OS2. The number of nitrogens with one attached hydrogen (secondary N) is 1. The minimum atomic E-state index is -0.209. The second kappa shape index (κ2) is 6.36. The number of aromatic nitrogens is 2. The summed E-state index contributed by atoms with van der Waals surface area (Å²) >= 11 is 8.65. The number of benzene rings is 1. The quantitative estimate of drug-likeness (QED) is 0.675. The molecule has 2 aromatic rings. The van der Waals surface area contributed by atoms with Gasteiger partial charge >= 0.3 is 0 Å². The Balaban J connectivity index is 2.04. The second-order valence-electron chi connectivity index (χ2n) is 3.75. The van der Waals surface area contributed by atoms with Crippen molar-refractivity contribution in [2.24, 2.45) is 0 Å². The normalized spacial score (nSPS) is 12.2. The van der Waals surface area contributed by atoms with Gasteiger partial charge in [-0.1, -0.05) is 34.7 Å². The first-order valence-electron chi connectivity index (χ1n) is 5.58. The van der Waals surface area contributed by atoms with Crippen molar-refractivity contribution in [3.8, 4) is 0 Å². The van der Waals surface area contributed by atoms with Crippen molar-refractivity contribution in [1.29, 1.82) is 0 Å². The van der Waals surface area contributed by atoms with Crippen LogP contribution in [0.5, 0.6) is 0 Å². The zero-order valence-electron chi connectivity index (χ0n) is 10.4. The van der Waals surface area contributed by atoms with Crippen molar-refractivity contribution in [3.05, 3.63) is 34.9 Å². The van der Waals surface area contributed by atoms with Gasteiger partial charge in [-0.25, -0.2) is 0 Å². The summed E-state index contributed by atoms with van der Waals surface area (Å²) in [6.07, 6.45) is 0. The molecule has 0 unspecified atom stereocenters. The maximum Gasteiger partial charge on any atom is 0.206 e. The third-order valence-electron chi connectivity index (χ3n) is 2.40. The number of Topliss-reactive ketones (excluding diaryl/α,β-unsaturated/α-hetero) is 1. The zero-order chi connectivity index (χ0) is 13.8. The number of carbonyl (C=O) groups is 1. The van der Waals surface area contributed by atoms with Crippen LogP contribution in [-0.2, 0) is 0 Å². The molecule has 1 aromatic carbocycles. The van der Waals surface area contributed by atoms with Crippen molar-refractivity contribution in [3.63, 3.8) is 0 Å². The highest BCUT2D eigenvalue weighted by molar-refractivity contribution is 8.02. The Morgan fingerprint density at radius 2 is 2.05 bits per heavy atom. The number of anilines is 1. The number of thioether (sulfide) groups is 1. The lowest BCUT2D eigenvalue weighted by Gasteiger charge is -2.07. The summed E-state index contributed by atoms with van der Waals surface area (Å²) < 4.78 is 0.777. The van der Waals surface area contributed by atoms with Gasteiger partial charge in [-0.15, -0.1) is 10.2 Å². The molecule has 4 nitrogen and oxygen atoms in total. The number of rotatable bonds is 5. The fourth-order valence-electron chi connectivity index (χ4n) is 1.41. The van der Waals surface area contributed by atoms with Crippen molar-refractivity contribution in [2.45, 2.75) is 16.5 Å². The fraction of sp³-hybridized carbons (Fsp3) is 0.250. The van der Waals surface area contributed by atoms with Gasteiger partial charge in [-0.05, 0) is 31.2 Å². The second-order valence-corrected chi connectivity index (χ2v) is 6.76. The molecule has 0 aliphatic heterocycles.